The highest BCUT2D eigenvalue weighted by molar-refractivity contribution is 7.47. The van der Waals surface area contributed by atoms with Crippen LogP contribution in [-0.2, 0) is 65.4 Å². The Labute approximate surface area is 599 Å². The first kappa shape index (κ1) is 95.5. The van der Waals surface area contributed by atoms with E-state index in [0.29, 0.717) is 31.6 Å². The Bertz CT molecular complexity index is 1980. The highest BCUT2D eigenvalue weighted by Crippen LogP contribution is 2.45. The van der Waals surface area contributed by atoms with Gasteiger partial charge in [-0.15, -0.1) is 0 Å². The number of hydrogen-bond acceptors (Lipinski definition) is 15. The molecular weight excluding hydrogens is 1280 g/mol. The fourth-order valence-corrected chi connectivity index (χ4v) is 13.2. The van der Waals surface area contributed by atoms with Crippen LogP contribution < -0.4 is 0 Å². The number of allylic oxidation sites excluding steroid dienone is 4. The molecular formula is C79H150O17P2. The predicted octanol–water partition coefficient (Wildman–Crippen LogP) is 23.1. The number of aliphatic hydroxyl groups is 1. The number of unbranched alkanes of at least 4 members (excludes halogenated alkanes) is 43. The van der Waals surface area contributed by atoms with Crippen LogP contribution in [0.25, 0.3) is 0 Å². The van der Waals surface area contributed by atoms with Crippen LogP contribution in [0.3, 0.4) is 0 Å². The van der Waals surface area contributed by atoms with Crippen LogP contribution in [0.5, 0.6) is 0 Å². The highest BCUT2D eigenvalue weighted by Gasteiger charge is 2.30. The maximum absolute atomic E-state index is 13.1. The van der Waals surface area contributed by atoms with Gasteiger partial charge in [0.1, 0.15) is 19.3 Å². The molecule has 578 valence electrons. The summed E-state index contributed by atoms with van der Waals surface area (Å²) in [4.78, 5) is 72.8. The largest absolute Gasteiger partial charge is 0.472 e. The van der Waals surface area contributed by atoms with E-state index in [-0.39, 0.29) is 25.7 Å². The summed E-state index contributed by atoms with van der Waals surface area (Å²) in [5.74, 6) is -0.621. The van der Waals surface area contributed by atoms with Crippen molar-refractivity contribution in [2.45, 2.75) is 407 Å². The molecule has 17 nitrogen and oxygen atoms in total. The number of rotatable bonds is 76. The third kappa shape index (κ3) is 71.9. The lowest BCUT2D eigenvalue weighted by Crippen LogP contribution is -2.30. The van der Waals surface area contributed by atoms with Gasteiger partial charge in [0, 0.05) is 25.7 Å². The zero-order valence-corrected chi connectivity index (χ0v) is 65.4. The number of carbonyl (C=O) groups excluding carboxylic acids is 4. The molecule has 0 radical (unpaired) electrons. The molecule has 0 amide bonds. The minimum atomic E-state index is -4.97. The molecule has 0 fully saturated rings. The van der Waals surface area contributed by atoms with Gasteiger partial charge in [-0.3, -0.25) is 37.3 Å². The molecule has 19 heteroatoms. The molecule has 0 saturated heterocycles. The topological polar surface area (TPSA) is 237 Å². The Kier molecular flexibility index (Phi) is 68.5. The zero-order chi connectivity index (χ0) is 72.1. The first-order valence-corrected chi connectivity index (χ1v) is 43.3. The predicted molar refractivity (Wildman–Crippen MR) is 400 cm³/mol. The molecule has 0 aromatic carbocycles. The molecule has 0 aliphatic rings. The van der Waals surface area contributed by atoms with Crippen molar-refractivity contribution in [3.8, 4) is 0 Å². The Morgan fingerprint density at radius 2 is 0.551 bits per heavy atom. The Balaban J connectivity index is 5.24. The zero-order valence-electron chi connectivity index (χ0n) is 63.6. The Morgan fingerprint density at radius 1 is 0.316 bits per heavy atom. The van der Waals surface area contributed by atoms with Gasteiger partial charge in [0.25, 0.3) is 0 Å². The molecule has 5 atom stereocenters. The number of hydrogen-bond donors (Lipinski definition) is 3. The van der Waals surface area contributed by atoms with Crippen LogP contribution in [0.4, 0.5) is 0 Å². The third-order valence-electron chi connectivity index (χ3n) is 17.8. The molecule has 0 bridgehead atoms. The number of esters is 4. The van der Waals surface area contributed by atoms with Gasteiger partial charge in [-0.25, -0.2) is 9.13 Å². The van der Waals surface area contributed by atoms with Crippen LogP contribution in [-0.4, -0.2) is 96.7 Å². The maximum Gasteiger partial charge on any atom is 0.472 e. The number of carbonyl (C=O) groups is 4. The summed E-state index contributed by atoms with van der Waals surface area (Å²) in [7, 11) is -9.93. The average molecular weight is 1430 g/mol. The summed E-state index contributed by atoms with van der Waals surface area (Å²) in [6.07, 6.45) is 62.0. The summed E-state index contributed by atoms with van der Waals surface area (Å²) >= 11 is 0. The van der Waals surface area contributed by atoms with Crippen LogP contribution in [0.15, 0.2) is 24.3 Å². The molecule has 0 aromatic heterocycles. The molecule has 0 saturated carbocycles. The molecule has 0 rings (SSSR count). The van der Waals surface area contributed by atoms with Gasteiger partial charge in [0.15, 0.2) is 12.2 Å². The van der Waals surface area contributed by atoms with Crippen LogP contribution in [0.2, 0.25) is 0 Å². The van der Waals surface area contributed by atoms with E-state index in [1.54, 1.807) is 0 Å². The summed E-state index contributed by atoms with van der Waals surface area (Å²) in [6.45, 7) is 9.52. The van der Waals surface area contributed by atoms with Crippen molar-refractivity contribution in [3.63, 3.8) is 0 Å². The van der Waals surface area contributed by atoms with Crippen LogP contribution in [0.1, 0.15) is 388 Å². The molecule has 0 heterocycles. The van der Waals surface area contributed by atoms with E-state index in [1.807, 2.05) is 0 Å². The normalized spacial score (nSPS) is 14.1. The van der Waals surface area contributed by atoms with Gasteiger partial charge < -0.3 is 33.8 Å². The lowest BCUT2D eigenvalue weighted by atomic mass is 10.0. The molecule has 98 heavy (non-hydrogen) atoms. The van der Waals surface area contributed by atoms with E-state index in [1.165, 1.54) is 180 Å². The minimum Gasteiger partial charge on any atom is -0.462 e. The van der Waals surface area contributed by atoms with Crippen molar-refractivity contribution in [1.82, 2.24) is 0 Å². The van der Waals surface area contributed by atoms with E-state index in [9.17, 15) is 43.2 Å². The molecule has 3 N–H and O–H groups in total. The first-order valence-electron chi connectivity index (χ1n) is 40.3. The second kappa shape index (κ2) is 70.2. The Morgan fingerprint density at radius 3 is 0.837 bits per heavy atom. The summed E-state index contributed by atoms with van der Waals surface area (Å²) < 4.78 is 68.5. The van der Waals surface area contributed by atoms with Crippen molar-refractivity contribution < 1.29 is 80.2 Å². The third-order valence-corrected chi connectivity index (χ3v) is 19.7. The summed E-state index contributed by atoms with van der Waals surface area (Å²) in [6, 6.07) is 0. The fraction of sp³-hybridized carbons (Fsp3) is 0.899. The van der Waals surface area contributed by atoms with Crippen molar-refractivity contribution >= 4 is 39.5 Å². The molecule has 0 spiro atoms. The highest BCUT2D eigenvalue weighted by atomic mass is 31.2. The van der Waals surface area contributed by atoms with E-state index >= 15 is 0 Å². The molecule has 0 aliphatic heterocycles. The van der Waals surface area contributed by atoms with Crippen LogP contribution in [0, 0.1) is 11.8 Å². The minimum absolute atomic E-state index is 0.101. The van der Waals surface area contributed by atoms with Gasteiger partial charge in [0.2, 0.25) is 0 Å². The SMILES string of the molecule is CCCCCC/C=C\C=C/CCCCCCCC(=O)OC[C@H](COP(=O)(O)OC[C@@H](O)COP(=O)(O)OC[C@@H](COC(=O)CCCCCCCCCC(C)C)OC(=O)CCCCCCCCCCCCCC)OC(=O)CCCCCCCCCCCCCCCCCCCCC(C)C. The lowest BCUT2D eigenvalue weighted by molar-refractivity contribution is -0.161. The lowest BCUT2D eigenvalue weighted by Gasteiger charge is -2.21. The number of phosphoric acid groups is 2. The number of phosphoric ester groups is 2. The summed E-state index contributed by atoms with van der Waals surface area (Å²) in [5.41, 5.74) is 0. The smallest absolute Gasteiger partial charge is 0.462 e. The van der Waals surface area contributed by atoms with E-state index in [0.717, 1.165) is 121 Å². The second-order valence-corrected chi connectivity index (χ2v) is 31.6. The maximum atomic E-state index is 13.1. The Hall–Kier alpha value is -2.46. The van der Waals surface area contributed by atoms with Crippen molar-refractivity contribution in [2.24, 2.45) is 11.8 Å². The van der Waals surface area contributed by atoms with Crippen LogP contribution >= 0.6 is 15.6 Å². The second-order valence-electron chi connectivity index (χ2n) is 28.7. The fourth-order valence-electron chi connectivity index (χ4n) is 11.6. The quantitative estimate of drug-likeness (QED) is 0.0169. The average Bonchev–Trinajstić information content (AvgIpc) is 1.53. The van der Waals surface area contributed by atoms with Crippen molar-refractivity contribution in [3.05, 3.63) is 24.3 Å². The molecule has 0 aromatic rings. The van der Waals surface area contributed by atoms with Gasteiger partial charge in [-0.05, 0) is 63.2 Å². The van der Waals surface area contributed by atoms with E-state index in [4.69, 9.17) is 37.0 Å². The number of ether oxygens (including phenoxy) is 4. The van der Waals surface area contributed by atoms with Gasteiger partial charge in [0.05, 0.1) is 26.4 Å². The molecule has 2 unspecified atom stereocenters. The standard InChI is InChI=1S/C79H150O17P2/c1-7-9-11-13-15-17-19-21-26-30-34-37-43-49-55-61-76(81)89-67-74(95-79(84)64-58-52-45-39-35-31-28-25-23-22-24-27-29-32-36-41-47-53-59-71(3)4)69-93-97(85,86)91-65-73(80)66-92-98(87,88)94-70-75(68-90-77(82)62-56-50-46-40-42-48-54-60-72(5)6)96-78(83)63-57-51-44-38-33-20-18-16-14-12-10-8-2/h17,19,21,26,71-75,80H,7-16,18,20,22-25,27-70H2,1-6H3,(H,85,86)(H,87,88)/b19-17-,26-21-/t73-,74-,75-/m1/s1. The van der Waals surface area contributed by atoms with E-state index in [2.05, 4.69) is 65.8 Å². The monoisotopic (exact) mass is 1430 g/mol. The summed E-state index contributed by atoms with van der Waals surface area (Å²) in [5, 5.41) is 10.6. The van der Waals surface area contributed by atoms with Gasteiger partial charge in [-0.1, -0.05) is 336 Å². The van der Waals surface area contributed by atoms with E-state index < -0.39 is 97.5 Å². The number of aliphatic hydroxyl groups excluding tert-OH is 1. The van der Waals surface area contributed by atoms with Crippen molar-refractivity contribution in [2.75, 3.05) is 39.6 Å². The first-order chi connectivity index (χ1) is 47.4. The van der Waals surface area contributed by atoms with Gasteiger partial charge in [-0.2, -0.15) is 0 Å². The van der Waals surface area contributed by atoms with Gasteiger partial charge >= 0.3 is 39.5 Å². The van der Waals surface area contributed by atoms with Crippen molar-refractivity contribution in [1.29, 1.82) is 0 Å². The molecule has 0 aliphatic carbocycles.